The first-order valence-electron chi connectivity index (χ1n) is 4.29. The minimum absolute atomic E-state index is 0.0293. The predicted molar refractivity (Wildman–Crippen MR) is 47.4 cm³/mol. The van der Waals surface area contributed by atoms with Crippen molar-refractivity contribution >= 4 is 5.91 Å². The lowest BCUT2D eigenvalue weighted by Crippen LogP contribution is -2.53. The SMILES string of the molecule is Cc1c[nH]c(C(=O)N2CC(O)C2)c1. The van der Waals surface area contributed by atoms with Gasteiger partial charge in [0.2, 0.25) is 0 Å². The Kier molecular flexibility index (Phi) is 1.84. The van der Waals surface area contributed by atoms with Gasteiger partial charge in [-0.3, -0.25) is 4.79 Å². The number of aromatic amines is 1. The molecule has 0 aliphatic carbocycles. The van der Waals surface area contributed by atoms with E-state index in [0.717, 1.165) is 5.56 Å². The number of H-pyrrole nitrogens is 1. The lowest BCUT2D eigenvalue weighted by atomic mass is 10.1. The van der Waals surface area contributed by atoms with E-state index in [-0.39, 0.29) is 12.0 Å². The number of rotatable bonds is 1. The summed E-state index contributed by atoms with van der Waals surface area (Å²) >= 11 is 0. The normalized spacial score (nSPS) is 17.2. The summed E-state index contributed by atoms with van der Waals surface area (Å²) in [4.78, 5) is 16.1. The average molecular weight is 180 g/mol. The molecule has 0 unspecified atom stereocenters. The number of aryl methyl sites for hydroxylation is 1. The van der Waals surface area contributed by atoms with Crippen molar-refractivity contribution in [2.24, 2.45) is 0 Å². The Bertz CT molecular complexity index is 326. The van der Waals surface area contributed by atoms with Gasteiger partial charge in [-0.25, -0.2) is 0 Å². The molecule has 1 saturated heterocycles. The Morgan fingerprint density at radius 1 is 1.69 bits per heavy atom. The number of likely N-dealkylation sites (tertiary alicyclic amines) is 1. The van der Waals surface area contributed by atoms with Crippen LogP contribution in [-0.4, -0.2) is 40.1 Å². The fraction of sp³-hybridized carbons (Fsp3) is 0.444. The summed E-state index contributed by atoms with van der Waals surface area (Å²) in [6.45, 7) is 2.84. The molecule has 0 bridgehead atoms. The van der Waals surface area contributed by atoms with E-state index >= 15 is 0 Å². The fourth-order valence-electron chi connectivity index (χ4n) is 1.42. The molecule has 0 spiro atoms. The van der Waals surface area contributed by atoms with Crippen molar-refractivity contribution in [2.45, 2.75) is 13.0 Å². The average Bonchev–Trinajstić information content (AvgIpc) is 2.45. The Hall–Kier alpha value is -1.29. The van der Waals surface area contributed by atoms with Gasteiger partial charge in [0.25, 0.3) is 5.91 Å². The van der Waals surface area contributed by atoms with Gasteiger partial charge in [0.05, 0.1) is 6.10 Å². The van der Waals surface area contributed by atoms with E-state index in [9.17, 15) is 4.79 Å². The molecular weight excluding hydrogens is 168 g/mol. The van der Waals surface area contributed by atoms with Crippen LogP contribution in [0.25, 0.3) is 0 Å². The smallest absolute Gasteiger partial charge is 0.270 e. The van der Waals surface area contributed by atoms with E-state index in [1.807, 2.05) is 13.0 Å². The van der Waals surface area contributed by atoms with Crippen molar-refractivity contribution in [1.82, 2.24) is 9.88 Å². The first kappa shape index (κ1) is 8.31. The largest absolute Gasteiger partial charge is 0.389 e. The monoisotopic (exact) mass is 180 g/mol. The van der Waals surface area contributed by atoms with E-state index in [0.29, 0.717) is 18.8 Å². The molecule has 13 heavy (non-hydrogen) atoms. The van der Waals surface area contributed by atoms with Gasteiger partial charge >= 0.3 is 0 Å². The fourth-order valence-corrected chi connectivity index (χ4v) is 1.42. The molecule has 4 nitrogen and oxygen atoms in total. The highest BCUT2D eigenvalue weighted by atomic mass is 16.3. The lowest BCUT2D eigenvalue weighted by Gasteiger charge is -2.35. The topological polar surface area (TPSA) is 56.3 Å². The van der Waals surface area contributed by atoms with Gasteiger partial charge in [0.15, 0.2) is 0 Å². The summed E-state index contributed by atoms with van der Waals surface area (Å²) in [5, 5.41) is 9.02. The van der Waals surface area contributed by atoms with Gasteiger partial charge in [-0.05, 0) is 18.6 Å². The number of carbonyl (C=O) groups excluding carboxylic acids is 1. The highest BCUT2D eigenvalue weighted by Crippen LogP contribution is 2.12. The van der Waals surface area contributed by atoms with Crippen molar-refractivity contribution in [2.75, 3.05) is 13.1 Å². The van der Waals surface area contributed by atoms with Crippen LogP contribution >= 0.6 is 0 Å². The van der Waals surface area contributed by atoms with Crippen LogP contribution in [0.15, 0.2) is 12.3 Å². The zero-order chi connectivity index (χ0) is 9.42. The van der Waals surface area contributed by atoms with Crippen LogP contribution in [0.4, 0.5) is 0 Å². The summed E-state index contributed by atoms with van der Waals surface area (Å²) in [6, 6.07) is 1.81. The predicted octanol–water partition coefficient (Wildman–Crippen LogP) is 0.140. The third-order valence-electron chi connectivity index (χ3n) is 2.21. The minimum Gasteiger partial charge on any atom is -0.389 e. The molecule has 0 aromatic carbocycles. The maximum Gasteiger partial charge on any atom is 0.270 e. The third-order valence-corrected chi connectivity index (χ3v) is 2.21. The molecule has 2 rings (SSSR count). The summed E-state index contributed by atoms with van der Waals surface area (Å²) in [7, 11) is 0. The molecular formula is C9H12N2O2. The van der Waals surface area contributed by atoms with Gasteiger partial charge < -0.3 is 15.0 Å². The summed E-state index contributed by atoms with van der Waals surface area (Å²) in [6.07, 6.45) is 1.46. The molecule has 1 aromatic rings. The molecule has 1 aromatic heterocycles. The van der Waals surface area contributed by atoms with Gasteiger partial charge in [-0.2, -0.15) is 0 Å². The van der Waals surface area contributed by atoms with E-state index in [1.54, 1.807) is 11.1 Å². The van der Waals surface area contributed by atoms with Crippen molar-refractivity contribution in [1.29, 1.82) is 0 Å². The number of aliphatic hydroxyl groups excluding tert-OH is 1. The molecule has 0 radical (unpaired) electrons. The standard InChI is InChI=1S/C9H12N2O2/c1-6-2-8(10-3-6)9(13)11-4-7(12)5-11/h2-3,7,10,12H,4-5H2,1H3. The zero-order valence-corrected chi connectivity index (χ0v) is 7.45. The second-order valence-electron chi connectivity index (χ2n) is 3.45. The number of β-amino-alcohol motifs (C(OH)–C–C–N with tert-alkyl or cyclic N) is 1. The number of carbonyl (C=O) groups is 1. The maximum absolute atomic E-state index is 11.6. The highest BCUT2D eigenvalue weighted by Gasteiger charge is 2.29. The number of hydrogen-bond acceptors (Lipinski definition) is 2. The Morgan fingerprint density at radius 3 is 2.85 bits per heavy atom. The number of nitrogens with zero attached hydrogens (tertiary/aromatic N) is 1. The third kappa shape index (κ3) is 1.45. The highest BCUT2D eigenvalue weighted by molar-refractivity contribution is 5.93. The lowest BCUT2D eigenvalue weighted by molar-refractivity contribution is 0.00555. The minimum atomic E-state index is -0.333. The molecule has 4 heteroatoms. The van der Waals surface area contributed by atoms with Crippen LogP contribution in [0.1, 0.15) is 16.1 Å². The van der Waals surface area contributed by atoms with Crippen LogP contribution < -0.4 is 0 Å². The van der Waals surface area contributed by atoms with Crippen molar-refractivity contribution in [3.8, 4) is 0 Å². The number of aromatic nitrogens is 1. The molecule has 1 fully saturated rings. The maximum atomic E-state index is 11.6. The quantitative estimate of drug-likeness (QED) is 0.646. The number of amides is 1. The molecule has 2 N–H and O–H groups in total. The molecule has 0 atom stereocenters. The van der Waals surface area contributed by atoms with Gasteiger partial charge in [-0.1, -0.05) is 0 Å². The Balaban J connectivity index is 2.06. The van der Waals surface area contributed by atoms with Crippen molar-refractivity contribution in [3.05, 3.63) is 23.5 Å². The first-order chi connectivity index (χ1) is 6.16. The Morgan fingerprint density at radius 2 is 2.38 bits per heavy atom. The first-order valence-corrected chi connectivity index (χ1v) is 4.29. The van der Waals surface area contributed by atoms with Crippen molar-refractivity contribution < 1.29 is 9.90 Å². The number of aliphatic hydroxyl groups is 1. The van der Waals surface area contributed by atoms with Crippen LogP contribution in [0, 0.1) is 6.92 Å². The molecule has 1 amide bonds. The second-order valence-corrected chi connectivity index (χ2v) is 3.45. The number of hydrogen-bond donors (Lipinski definition) is 2. The van der Waals surface area contributed by atoms with Crippen LogP contribution in [0.5, 0.6) is 0 Å². The molecule has 1 aliphatic rings. The van der Waals surface area contributed by atoms with Gasteiger partial charge in [0, 0.05) is 19.3 Å². The van der Waals surface area contributed by atoms with E-state index in [2.05, 4.69) is 4.98 Å². The Labute approximate surface area is 76.2 Å². The van der Waals surface area contributed by atoms with Gasteiger partial charge in [0.1, 0.15) is 5.69 Å². The summed E-state index contributed by atoms with van der Waals surface area (Å²) < 4.78 is 0. The second kappa shape index (κ2) is 2.88. The molecule has 1 aliphatic heterocycles. The van der Waals surface area contributed by atoms with Crippen LogP contribution in [0.3, 0.4) is 0 Å². The van der Waals surface area contributed by atoms with Crippen molar-refractivity contribution in [3.63, 3.8) is 0 Å². The summed E-state index contributed by atoms with van der Waals surface area (Å²) in [5.74, 6) is -0.0293. The van der Waals surface area contributed by atoms with Crippen LogP contribution in [-0.2, 0) is 0 Å². The number of nitrogens with one attached hydrogen (secondary N) is 1. The summed E-state index contributed by atoms with van der Waals surface area (Å²) in [5.41, 5.74) is 1.65. The van der Waals surface area contributed by atoms with Crippen LogP contribution in [0.2, 0.25) is 0 Å². The molecule has 2 heterocycles. The van der Waals surface area contributed by atoms with E-state index in [4.69, 9.17) is 5.11 Å². The van der Waals surface area contributed by atoms with E-state index in [1.165, 1.54) is 0 Å². The molecule has 0 saturated carbocycles. The van der Waals surface area contributed by atoms with E-state index < -0.39 is 0 Å². The van der Waals surface area contributed by atoms with Gasteiger partial charge in [-0.15, -0.1) is 0 Å². The molecule has 70 valence electrons. The zero-order valence-electron chi connectivity index (χ0n) is 7.45.